The van der Waals surface area contributed by atoms with Gasteiger partial charge in [0.15, 0.2) is 11.5 Å². The summed E-state index contributed by atoms with van der Waals surface area (Å²) >= 11 is 0. The number of rotatable bonds is 3. The number of hydrogen-bond donors (Lipinski definition) is 0. The second kappa shape index (κ2) is 5.71. The summed E-state index contributed by atoms with van der Waals surface area (Å²) in [7, 11) is 0. The Balaban J connectivity index is 1.83. The second-order valence-electron chi connectivity index (χ2n) is 5.51. The predicted molar refractivity (Wildman–Crippen MR) is 81.9 cm³/mol. The van der Waals surface area contributed by atoms with Gasteiger partial charge >= 0.3 is 0 Å². The van der Waals surface area contributed by atoms with E-state index in [1.54, 1.807) is 11.8 Å². The van der Waals surface area contributed by atoms with E-state index >= 15 is 0 Å². The van der Waals surface area contributed by atoms with Crippen LogP contribution in [0.25, 0.3) is 0 Å². The van der Waals surface area contributed by atoms with E-state index in [-0.39, 0.29) is 18.2 Å². The second-order valence-corrected chi connectivity index (χ2v) is 5.51. The first-order valence-electron chi connectivity index (χ1n) is 7.37. The third-order valence-electron chi connectivity index (χ3n) is 4.01. The van der Waals surface area contributed by atoms with Crippen LogP contribution in [0.1, 0.15) is 35.1 Å². The average molecular weight is 298 g/mol. The number of Topliss-reactive ketones (excluding diaryl/α,β-unsaturated/α-hetero) is 1. The van der Waals surface area contributed by atoms with Crippen molar-refractivity contribution in [1.82, 2.24) is 15.0 Å². The lowest BCUT2D eigenvalue weighted by Crippen LogP contribution is -2.38. The zero-order valence-electron chi connectivity index (χ0n) is 12.7. The molecule has 1 aliphatic rings. The smallest absolute Gasteiger partial charge is 0.248 e. The standard InChI is InChI=1S/C16H18N4O2/c1-11-16(12(2)21)17-18-20(11)10-15(22)19-9-5-7-13-6-3-4-8-14(13)19/h3-4,6,8H,5,7,9-10H2,1-2H3. The molecular weight excluding hydrogens is 280 g/mol. The molecule has 0 spiro atoms. The highest BCUT2D eigenvalue weighted by molar-refractivity contribution is 5.95. The van der Waals surface area contributed by atoms with Crippen molar-refractivity contribution in [3.63, 3.8) is 0 Å². The van der Waals surface area contributed by atoms with E-state index in [2.05, 4.69) is 16.4 Å². The largest absolute Gasteiger partial charge is 0.311 e. The molecule has 0 unspecified atom stereocenters. The Morgan fingerprint density at radius 1 is 1.27 bits per heavy atom. The summed E-state index contributed by atoms with van der Waals surface area (Å²) in [5, 5.41) is 7.78. The molecule has 0 saturated heterocycles. The van der Waals surface area contributed by atoms with Gasteiger partial charge in [-0.25, -0.2) is 4.68 Å². The van der Waals surface area contributed by atoms with E-state index in [1.807, 2.05) is 18.2 Å². The van der Waals surface area contributed by atoms with E-state index in [9.17, 15) is 9.59 Å². The fraction of sp³-hybridized carbons (Fsp3) is 0.375. The number of aromatic nitrogens is 3. The van der Waals surface area contributed by atoms with Crippen LogP contribution in [-0.4, -0.2) is 33.2 Å². The number of amides is 1. The Morgan fingerprint density at radius 2 is 2.05 bits per heavy atom. The molecule has 22 heavy (non-hydrogen) atoms. The van der Waals surface area contributed by atoms with Crippen molar-refractivity contribution in [3.8, 4) is 0 Å². The molecular formula is C16H18N4O2. The molecule has 0 atom stereocenters. The van der Waals surface area contributed by atoms with Crippen molar-refractivity contribution in [3.05, 3.63) is 41.2 Å². The lowest BCUT2D eigenvalue weighted by atomic mass is 10.0. The zero-order valence-corrected chi connectivity index (χ0v) is 12.7. The molecule has 0 radical (unpaired) electrons. The molecule has 2 aromatic rings. The lowest BCUT2D eigenvalue weighted by Gasteiger charge is -2.29. The van der Waals surface area contributed by atoms with Gasteiger partial charge in [0.25, 0.3) is 0 Å². The van der Waals surface area contributed by atoms with E-state index in [0.29, 0.717) is 17.9 Å². The first kappa shape index (κ1) is 14.4. The molecule has 1 amide bonds. The number of benzene rings is 1. The molecule has 0 aliphatic carbocycles. The van der Waals surface area contributed by atoms with Crippen LogP contribution in [-0.2, 0) is 17.8 Å². The fourth-order valence-electron chi connectivity index (χ4n) is 2.84. The SMILES string of the molecule is CC(=O)c1nnn(CC(=O)N2CCCc3ccccc32)c1C. The van der Waals surface area contributed by atoms with Gasteiger partial charge in [0.05, 0.1) is 5.69 Å². The summed E-state index contributed by atoms with van der Waals surface area (Å²) < 4.78 is 1.50. The van der Waals surface area contributed by atoms with E-state index in [4.69, 9.17) is 0 Å². The van der Waals surface area contributed by atoms with E-state index in [1.165, 1.54) is 17.2 Å². The highest BCUT2D eigenvalue weighted by atomic mass is 16.2. The van der Waals surface area contributed by atoms with E-state index < -0.39 is 0 Å². The number of nitrogens with zero attached hydrogens (tertiary/aromatic N) is 4. The summed E-state index contributed by atoms with van der Waals surface area (Å²) in [5.74, 6) is -0.172. The van der Waals surface area contributed by atoms with Crippen LogP contribution in [0.2, 0.25) is 0 Å². The first-order valence-corrected chi connectivity index (χ1v) is 7.37. The van der Waals surface area contributed by atoms with Crippen LogP contribution in [0.15, 0.2) is 24.3 Å². The lowest BCUT2D eigenvalue weighted by molar-refractivity contribution is -0.119. The van der Waals surface area contributed by atoms with Crippen LogP contribution in [0.5, 0.6) is 0 Å². The summed E-state index contributed by atoms with van der Waals surface area (Å²) in [6.45, 7) is 4.02. The molecule has 1 aromatic carbocycles. The molecule has 1 aliphatic heterocycles. The number of aryl methyl sites for hydroxylation is 1. The Kier molecular flexibility index (Phi) is 3.75. The summed E-state index contributed by atoms with van der Waals surface area (Å²) in [5.41, 5.74) is 3.13. The third-order valence-corrected chi connectivity index (χ3v) is 4.01. The number of fused-ring (bicyclic) bond motifs is 1. The predicted octanol–water partition coefficient (Wildman–Crippen LogP) is 1.77. The first-order chi connectivity index (χ1) is 10.6. The van der Waals surface area contributed by atoms with Gasteiger partial charge < -0.3 is 4.90 Å². The third kappa shape index (κ3) is 2.52. The maximum atomic E-state index is 12.6. The van der Waals surface area contributed by atoms with Gasteiger partial charge in [0, 0.05) is 19.2 Å². The van der Waals surface area contributed by atoms with Crippen molar-refractivity contribution < 1.29 is 9.59 Å². The van der Waals surface area contributed by atoms with Gasteiger partial charge in [-0.15, -0.1) is 5.10 Å². The van der Waals surface area contributed by atoms with Crippen LogP contribution < -0.4 is 4.90 Å². The van der Waals surface area contributed by atoms with Crippen LogP contribution >= 0.6 is 0 Å². The molecule has 6 heteroatoms. The van der Waals surface area contributed by atoms with Crippen molar-refractivity contribution in [2.45, 2.75) is 33.2 Å². The van der Waals surface area contributed by atoms with Crippen molar-refractivity contribution in [2.75, 3.05) is 11.4 Å². The monoisotopic (exact) mass is 298 g/mol. The number of carbonyl (C=O) groups is 2. The molecule has 0 saturated carbocycles. The molecule has 114 valence electrons. The molecule has 0 N–H and O–H groups in total. The van der Waals surface area contributed by atoms with Gasteiger partial charge in [-0.3, -0.25) is 9.59 Å². The van der Waals surface area contributed by atoms with Crippen molar-refractivity contribution in [2.24, 2.45) is 0 Å². The molecule has 3 rings (SSSR count). The van der Waals surface area contributed by atoms with Crippen molar-refractivity contribution >= 4 is 17.4 Å². The molecule has 1 aromatic heterocycles. The molecule has 0 fully saturated rings. The molecule has 0 bridgehead atoms. The number of ketones is 1. The van der Waals surface area contributed by atoms with Crippen LogP contribution in [0.4, 0.5) is 5.69 Å². The Labute approximate surface area is 128 Å². The van der Waals surface area contributed by atoms with Gasteiger partial charge in [0.1, 0.15) is 6.54 Å². The maximum Gasteiger partial charge on any atom is 0.248 e. The van der Waals surface area contributed by atoms with E-state index in [0.717, 1.165) is 18.5 Å². The quantitative estimate of drug-likeness (QED) is 0.810. The summed E-state index contributed by atoms with van der Waals surface area (Å²) in [4.78, 5) is 25.8. The summed E-state index contributed by atoms with van der Waals surface area (Å²) in [6.07, 6.45) is 1.95. The van der Waals surface area contributed by atoms with Gasteiger partial charge in [-0.1, -0.05) is 23.4 Å². The normalized spacial score (nSPS) is 13.8. The topological polar surface area (TPSA) is 68.1 Å². The molecule has 2 heterocycles. The number of para-hydroxylation sites is 1. The van der Waals surface area contributed by atoms with Crippen LogP contribution in [0, 0.1) is 6.92 Å². The van der Waals surface area contributed by atoms with Gasteiger partial charge in [-0.05, 0) is 31.4 Å². The Hall–Kier alpha value is -2.50. The number of carbonyl (C=O) groups excluding carboxylic acids is 2. The Morgan fingerprint density at radius 3 is 2.77 bits per heavy atom. The number of anilines is 1. The molecule has 6 nitrogen and oxygen atoms in total. The Bertz CT molecular complexity index is 735. The van der Waals surface area contributed by atoms with Crippen LogP contribution in [0.3, 0.4) is 0 Å². The number of hydrogen-bond acceptors (Lipinski definition) is 4. The highest BCUT2D eigenvalue weighted by Gasteiger charge is 2.23. The highest BCUT2D eigenvalue weighted by Crippen LogP contribution is 2.26. The minimum atomic E-state index is -0.139. The summed E-state index contributed by atoms with van der Waals surface area (Å²) in [6, 6.07) is 7.97. The fourth-order valence-corrected chi connectivity index (χ4v) is 2.84. The van der Waals surface area contributed by atoms with Gasteiger partial charge in [0.2, 0.25) is 5.91 Å². The van der Waals surface area contributed by atoms with Gasteiger partial charge in [-0.2, -0.15) is 0 Å². The minimum Gasteiger partial charge on any atom is -0.311 e. The maximum absolute atomic E-state index is 12.6. The minimum absolute atomic E-state index is 0.0322. The van der Waals surface area contributed by atoms with Crippen molar-refractivity contribution in [1.29, 1.82) is 0 Å². The zero-order chi connectivity index (χ0) is 15.7. The average Bonchev–Trinajstić information content (AvgIpc) is 2.88.